The maximum absolute atomic E-state index is 11.1. The second-order valence-corrected chi connectivity index (χ2v) is 4.94. The van der Waals surface area contributed by atoms with Gasteiger partial charge >= 0.3 is 0 Å². The lowest BCUT2D eigenvalue weighted by atomic mass is 10.1. The predicted octanol–water partition coefficient (Wildman–Crippen LogP) is 0.589. The fourth-order valence-corrected chi connectivity index (χ4v) is 1.78. The minimum Gasteiger partial charge on any atom is -0.508 e. The van der Waals surface area contributed by atoms with Crippen LogP contribution in [0.4, 0.5) is 0 Å². The standard InChI is InChI=1S/C9H14N2O3S/c1-7(11(2)15(10,13)14)8-4-3-5-9(12)6-8/h3-7,12H,1-2H3,(H2,10,13,14)/t7-/m0/s1. The zero-order chi connectivity index (χ0) is 11.6. The van der Waals surface area contributed by atoms with Crippen molar-refractivity contribution in [1.82, 2.24) is 4.31 Å². The molecule has 3 N–H and O–H groups in total. The van der Waals surface area contributed by atoms with E-state index in [2.05, 4.69) is 0 Å². The Morgan fingerprint density at radius 1 is 1.47 bits per heavy atom. The summed E-state index contributed by atoms with van der Waals surface area (Å²) in [5, 5.41) is 14.2. The van der Waals surface area contributed by atoms with Crippen molar-refractivity contribution < 1.29 is 13.5 Å². The highest BCUT2D eigenvalue weighted by Crippen LogP contribution is 2.23. The summed E-state index contributed by atoms with van der Waals surface area (Å²) in [5.41, 5.74) is 0.687. The van der Waals surface area contributed by atoms with Crippen LogP contribution in [-0.4, -0.2) is 24.9 Å². The second kappa shape index (κ2) is 4.18. The van der Waals surface area contributed by atoms with E-state index >= 15 is 0 Å². The van der Waals surface area contributed by atoms with Crippen molar-refractivity contribution in [3.8, 4) is 5.75 Å². The number of rotatable bonds is 3. The number of phenolic OH excluding ortho intramolecular Hbond substituents is 1. The van der Waals surface area contributed by atoms with Crippen LogP contribution in [0.25, 0.3) is 0 Å². The molecule has 0 unspecified atom stereocenters. The predicted molar refractivity (Wildman–Crippen MR) is 57.4 cm³/mol. The van der Waals surface area contributed by atoms with Gasteiger partial charge in [0.25, 0.3) is 10.2 Å². The molecule has 5 nitrogen and oxygen atoms in total. The van der Waals surface area contributed by atoms with Crippen molar-refractivity contribution in [2.45, 2.75) is 13.0 Å². The van der Waals surface area contributed by atoms with Crippen LogP contribution in [0.3, 0.4) is 0 Å². The van der Waals surface area contributed by atoms with Crippen molar-refractivity contribution in [2.24, 2.45) is 5.14 Å². The highest BCUT2D eigenvalue weighted by atomic mass is 32.2. The molecule has 0 bridgehead atoms. The average Bonchev–Trinajstić information content (AvgIpc) is 2.14. The molecule has 0 aliphatic carbocycles. The Bertz CT molecular complexity index is 444. The first-order valence-corrected chi connectivity index (χ1v) is 5.87. The van der Waals surface area contributed by atoms with Crippen LogP contribution >= 0.6 is 0 Å². The van der Waals surface area contributed by atoms with Gasteiger partial charge in [0, 0.05) is 13.1 Å². The molecule has 0 saturated carbocycles. The van der Waals surface area contributed by atoms with Gasteiger partial charge in [-0.05, 0) is 24.6 Å². The quantitative estimate of drug-likeness (QED) is 0.797. The van der Waals surface area contributed by atoms with Crippen molar-refractivity contribution in [1.29, 1.82) is 0 Å². The third-order valence-corrected chi connectivity index (χ3v) is 3.42. The number of nitrogens with two attached hydrogens (primary N) is 1. The van der Waals surface area contributed by atoms with E-state index in [-0.39, 0.29) is 5.75 Å². The van der Waals surface area contributed by atoms with E-state index in [0.29, 0.717) is 5.56 Å². The van der Waals surface area contributed by atoms with Gasteiger partial charge < -0.3 is 5.11 Å². The van der Waals surface area contributed by atoms with Gasteiger partial charge in [-0.25, -0.2) is 5.14 Å². The van der Waals surface area contributed by atoms with Gasteiger partial charge in [0.05, 0.1) is 0 Å². The van der Waals surface area contributed by atoms with Crippen LogP contribution in [0.15, 0.2) is 24.3 Å². The van der Waals surface area contributed by atoms with E-state index < -0.39 is 16.3 Å². The smallest absolute Gasteiger partial charge is 0.277 e. The van der Waals surface area contributed by atoms with E-state index in [4.69, 9.17) is 5.14 Å². The van der Waals surface area contributed by atoms with Gasteiger partial charge in [-0.3, -0.25) is 0 Å². The molecular formula is C9H14N2O3S. The van der Waals surface area contributed by atoms with E-state index in [1.807, 2.05) is 0 Å². The number of phenols is 1. The molecule has 6 heteroatoms. The van der Waals surface area contributed by atoms with Gasteiger partial charge in [0.15, 0.2) is 0 Å². The Labute approximate surface area is 89.3 Å². The first-order valence-electron chi connectivity index (χ1n) is 4.37. The first kappa shape index (κ1) is 12.0. The lowest BCUT2D eigenvalue weighted by molar-refractivity contribution is 0.396. The van der Waals surface area contributed by atoms with Gasteiger partial charge in [0.1, 0.15) is 5.75 Å². The number of benzene rings is 1. The van der Waals surface area contributed by atoms with Gasteiger partial charge in [-0.15, -0.1) is 0 Å². The molecule has 0 saturated heterocycles. The molecule has 1 aromatic rings. The highest BCUT2D eigenvalue weighted by Gasteiger charge is 2.20. The molecule has 0 fully saturated rings. The summed E-state index contributed by atoms with van der Waals surface area (Å²) in [6, 6.07) is 6.00. The van der Waals surface area contributed by atoms with E-state index in [1.165, 1.54) is 19.2 Å². The summed E-state index contributed by atoms with van der Waals surface area (Å²) >= 11 is 0. The third kappa shape index (κ3) is 2.92. The summed E-state index contributed by atoms with van der Waals surface area (Å²) in [4.78, 5) is 0. The fourth-order valence-electron chi connectivity index (χ4n) is 1.21. The number of aromatic hydroxyl groups is 1. The van der Waals surface area contributed by atoms with Crippen LogP contribution < -0.4 is 5.14 Å². The average molecular weight is 230 g/mol. The van der Waals surface area contributed by atoms with Gasteiger partial charge in [-0.1, -0.05) is 12.1 Å². The molecule has 15 heavy (non-hydrogen) atoms. The maximum Gasteiger partial charge on any atom is 0.277 e. The molecule has 0 heterocycles. The molecule has 1 aromatic carbocycles. The Hall–Kier alpha value is -1.11. The van der Waals surface area contributed by atoms with E-state index in [1.54, 1.807) is 19.1 Å². The SMILES string of the molecule is C[C@@H](c1cccc(O)c1)N(C)S(N)(=O)=O. The topological polar surface area (TPSA) is 83.6 Å². The molecule has 0 amide bonds. The summed E-state index contributed by atoms with van der Waals surface area (Å²) in [7, 11) is -2.32. The zero-order valence-corrected chi connectivity index (χ0v) is 9.40. The van der Waals surface area contributed by atoms with Crippen LogP contribution in [0.2, 0.25) is 0 Å². The van der Waals surface area contributed by atoms with Crippen molar-refractivity contribution in [3.05, 3.63) is 29.8 Å². The lowest BCUT2D eigenvalue weighted by Crippen LogP contribution is -2.35. The second-order valence-electron chi connectivity index (χ2n) is 3.33. The van der Waals surface area contributed by atoms with Crippen molar-refractivity contribution in [3.63, 3.8) is 0 Å². The molecule has 0 aromatic heterocycles. The molecule has 0 aliphatic heterocycles. The van der Waals surface area contributed by atoms with Crippen molar-refractivity contribution >= 4 is 10.2 Å². The monoisotopic (exact) mass is 230 g/mol. The lowest BCUT2D eigenvalue weighted by Gasteiger charge is -2.22. The Balaban J connectivity index is 3.00. The maximum atomic E-state index is 11.1. The Morgan fingerprint density at radius 2 is 2.07 bits per heavy atom. The highest BCUT2D eigenvalue weighted by molar-refractivity contribution is 7.86. The van der Waals surface area contributed by atoms with Crippen molar-refractivity contribution in [2.75, 3.05) is 7.05 Å². The molecule has 1 rings (SSSR count). The largest absolute Gasteiger partial charge is 0.508 e. The van der Waals surface area contributed by atoms with Crippen LogP contribution in [0, 0.1) is 0 Å². The normalized spacial score (nSPS) is 14.1. The third-order valence-electron chi connectivity index (χ3n) is 2.30. The summed E-state index contributed by atoms with van der Waals surface area (Å²) in [6.45, 7) is 1.69. The first-order chi connectivity index (χ1) is 6.82. The molecule has 1 atom stereocenters. The number of hydrogen-bond donors (Lipinski definition) is 2. The minimum atomic E-state index is -3.71. The summed E-state index contributed by atoms with van der Waals surface area (Å²) in [5.74, 6) is 0.0992. The molecule has 0 radical (unpaired) electrons. The van der Waals surface area contributed by atoms with Crippen LogP contribution in [0.5, 0.6) is 5.75 Å². The van der Waals surface area contributed by atoms with Gasteiger partial charge in [0.2, 0.25) is 0 Å². The van der Waals surface area contributed by atoms with Gasteiger partial charge in [-0.2, -0.15) is 12.7 Å². The summed E-state index contributed by atoms with van der Waals surface area (Å²) in [6.07, 6.45) is 0. The fraction of sp³-hybridized carbons (Fsp3) is 0.333. The summed E-state index contributed by atoms with van der Waals surface area (Å²) < 4.78 is 23.2. The molecule has 84 valence electrons. The Morgan fingerprint density at radius 3 is 2.53 bits per heavy atom. The van der Waals surface area contributed by atoms with Crippen LogP contribution in [-0.2, 0) is 10.2 Å². The number of hydrogen-bond acceptors (Lipinski definition) is 3. The molecule has 0 spiro atoms. The van der Waals surface area contributed by atoms with Crippen LogP contribution in [0.1, 0.15) is 18.5 Å². The van der Waals surface area contributed by atoms with E-state index in [9.17, 15) is 13.5 Å². The minimum absolute atomic E-state index is 0.0992. The Kier molecular flexibility index (Phi) is 3.33. The van der Waals surface area contributed by atoms with E-state index in [0.717, 1.165) is 4.31 Å². The molecule has 0 aliphatic rings. The molecular weight excluding hydrogens is 216 g/mol. The number of nitrogens with zero attached hydrogens (tertiary/aromatic N) is 1. The zero-order valence-electron chi connectivity index (χ0n) is 8.58.